The van der Waals surface area contributed by atoms with Crippen LogP contribution in [-0.4, -0.2) is 25.2 Å². The van der Waals surface area contributed by atoms with Crippen LogP contribution >= 0.6 is 12.2 Å². The van der Waals surface area contributed by atoms with Crippen molar-refractivity contribution < 1.29 is 14.3 Å². The first-order valence-corrected chi connectivity index (χ1v) is 7.88. The van der Waals surface area contributed by atoms with Crippen LogP contribution in [0.1, 0.15) is 32.1 Å². The molecule has 1 aromatic rings. The van der Waals surface area contributed by atoms with Gasteiger partial charge in [-0.1, -0.05) is 19.3 Å². The predicted octanol–water partition coefficient (Wildman–Crippen LogP) is 3.10. The number of thiocarbonyl (C=S) groups is 1. The maximum Gasteiger partial charge on any atom is 0.229 e. The second-order valence-electron chi connectivity index (χ2n) is 5.35. The summed E-state index contributed by atoms with van der Waals surface area (Å²) in [5.74, 6) is 1.34. The Morgan fingerprint density at radius 3 is 2.45 bits per heavy atom. The molecule has 0 spiro atoms. The summed E-state index contributed by atoms with van der Waals surface area (Å²) < 4.78 is 10.4. The van der Waals surface area contributed by atoms with Gasteiger partial charge in [0.1, 0.15) is 0 Å². The fraction of sp³-hybridized carbons (Fsp3) is 0.500. The number of benzene rings is 1. The van der Waals surface area contributed by atoms with Gasteiger partial charge in [0, 0.05) is 17.7 Å². The molecule has 0 aromatic heterocycles. The highest BCUT2D eigenvalue weighted by Crippen LogP contribution is 2.29. The summed E-state index contributed by atoms with van der Waals surface area (Å²) in [5, 5.41) is 6.08. The molecule has 1 saturated carbocycles. The lowest BCUT2D eigenvalue weighted by molar-refractivity contribution is -0.124. The standard InChI is InChI=1S/C16H22N2O3S/c1-20-13-9-8-12(10-14(13)21-2)17-16(22)18-15(19)11-6-4-3-5-7-11/h8-11H,3-7H2,1-2H3,(H2,17,18,19,22). The molecule has 5 nitrogen and oxygen atoms in total. The number of anilines is 1. The minimum atomic E-state index is 0.0117. The average molecular weight is 322 g/mol. The maximum atomic E-state index is 12.1. The topological polar surface area (TPSA) is 59.6 Å². The van der Waals surface area contributed by atoms with Crippen LogP contribution in [0.5, 0.6) is 11.5 Å². The second kappa shape index (κ2) is 7.98. The van der Waals surface area contributed by atoms with Gasteiger partial charge in [-0.05, 0) is 37.2 Å². The van der Waals surface area contributed by atoms with Gasteiger partial charge in [0.05, 0.1) is 14.2 Å². The third-order valence-corrected chi connectivity index (χ3v) is 4.06. The largest absolute Gasteiger partial charge is 0.493 e. The van der Waals surface area contributed by atoms with Gasteiger partial charge >= 0.3 is 0 Å². The minimum absolute atomic E-state index is 0.0117. The van der Waals surface area contributed by atoms with Gasteiger partial charge in [-0.3, -0.25) is 4.79 Å². The van der Waals surface area contributed by atoms with Crippen LogP contribution in [0.15, 0.2) is 18.2 Å². The summed E-state index contributed by atoms with van der Waals surface area (Å²) in [6.07, 6.45) is 5.36. The fourth-order valence-electron chi connectivity index (χ4n) is 2.66. The molecule has 0 unspecified atom stereocenters. The molecule has 0 aliphatic heterocycles. The lowest BCUT2D eigenvalue weighted by Gasteiger charge is -2.21. The summed E-state index contributed by atoms with van der Waals surface area (Å²) in [4.78, 5) is 12.1. The normalized spacial score (nSPS) is 15.0. The number of carbonyl (C=O) groups is 1. The smallest absolute Gasteiger partial charge is 0.229 e. The van der Waals surface area contributed by atoms with Crippen molar-refractivity contribution in [3.8, 4) is 11.5 Å². The Labute approximate surface area is 136 Å². The Bertz CT molecular complexity index is 542. The first kappa shape index (κ1) is 16.5. The Morgan fingerprint density at radius 1 is 1.14 bits per heavy atom. The molecule has 6 heteroatoms. The van der Waals surface area contributed by atoms with Crippen molar-refractivity contribution in [3.05, 3.63) is 18.2 Å². The maximum absolute atomic E-state index is 12.1. The molecule has 0 radical (unpaired) electrons. The van der Waals surface area contributed by atoms with E-state index >= 15 is 0 Å². The number of hydrogen-bond donors (Lipinski definition) is 2. The number of ether oxygens (including phenoxy) is 2. The van der Waals surface area contributed by atoms with E-state index in [1.807, 2.05) is 6.07 Å². The Balaban J connectivity index is 1.92. The zero-order valence-electron chi connectivity index (χ0n) is 13.0. The molecule has 1 aliphatic rings. The van der Waals surface area contributed by atoms with E-state index in [0.29, 0.717) is 16.6 Å². The van der Waals surface area contributed by atoms with E-state index in [9.17, 15) is 4.79 Å². The fourth-order valence-corrected chi connectivity index (χ4v) is 2.87. The van der Waals surface area contributed by atoms with Crippen molar-refractivity contribution >= 4 is 28.9 Å². The third kappa shape index (κ3) is 4.34. The summed E-state index contributed by atoms with van der Waals surface area (Å²) in [5.41, 5.74) is 0.742. The van der Waals surface area contributed by atoms with E-state index in [4.69, 9.17) is 21.7 Å². The van der Waals surface area contributed by atoms with Crippen molar-refractivity contribution in [1.29, 1.82) is 0 Å². The Hall–Kier alpha value is -1.82. The lowest BCUT2D eigenvalue weighted by Crippen LogP contribution is -2.38. The van der Waals surface area contributed by atoms with Gasteiger partial charge in [-0.25, -0.2) is 0 Å². The van der Waals surface area contributed by atoms with Gasteiger partial charge in [0.25, 0.3) is 0 Å². The van der Waals surface area contributed by atoms with E-state index in [-0.39, 0.29) is 11.8 Å². The van der Waals surface area contributed by atoms with Gasteiger partial charge in [0.15, 0.2) is 16.6 Å². The molecule has 1 aromatic carbocycles. The molecule has 0 atom stereocenters. The van der Waals surface area contributed by atoms with Gasteiger partial charge in [0.2, 0.25) is 5.91 Å². The SMILES string of the molecule is COc1ccc(NC(=S)NC(=O)C2CCCCC2)cc1OC. The number of nitrogens with one attached hydrogen (secondary N) is 2. The molecule has 0 saturated heterocycles. The molecular formula is C16H22N2O3S. The third-order valence-electron chi connectivity index (χ3n) is 3.85. The van der Waals surface area contributed by atoms with Crippen LogP contribution in [0.2, 0.25) is 0 Å². The first-order chi connectivity index (χ1) is 10.6. The first-order valence-electron chi connectivity index (χ1n) is 7.48. The van der Waals surface area contributed by atoms with Crippen molar-refractivity contribution in [2.24, 2.45) is 5.92 Å². The molecule has 0 heterocycles. The summed E-state index contributed by atoms with van der Waals surface area (Å²) in [6, 6.07) is 5.38. The highest BCUT2D eigenvalue weighted by molar-refractivity contribution is 7.80. The lowest BCUT2D eigenvalue weighted by atomic mass is 9.89. The monoisotopic (exact) mass is 322 g/mol. The molecule has 1 amide bonds. The molecular weight excluding hydrogens is 300 g/mol. The zero-order valence-corrected chi connectivity index (χ0v) is 13.8. The molecule has 2 rings (SSSR count). The summed E-state index contributed by atoms with van der Waals surface area (Å²) in [7, 11) is 3.16. The van der Waals surface area contributed by atoms with Gasteiger partial charge in [-0.2, -0.15) is 0 Å². The zero-order chi connectivity index (χ0) is 15.9. The Kier molecular flexibility index (Phi) is 6.00. The van der Waals surface area contributed by atoms with Crippen LogP contribution < -0.4 is 20.1 Å². The quantitative estimate of drug-likeness (QED) is 0.834. The van der Waals surface area contributed by atoms with Crippen molar-refractivity contribution in [1.82, 2.24) is 5.32 Å². The van der Waals surface area contributed by atoms with Crippen molar-refractivity contribution in [2.75, 3.05) is 19.5 Å². The molecule has 2 N–H and O–H groups in total. The molecule has 0 bridgehead atoms. The van der Waals surface area contributed by atoms with E-state index in [1.54, 1.807) is 26.4 Å². The summed E-state index contributed by atoms with van der Waals surface area (Å²) >= 11 is 5.21. The van der Waals surface area contributed by atoms with Gasteiger partial charge < -0.3 is 20.1 Å². The van der Waals surface area contributed by atoms with Crippen LogP contribution in [0.3, 0.4) is 0 Å². The van der Waals surface area contributed by atoms with E-state index in [2.05, 4.69) is 10.6 Å². The van der Waals surface area contributed by atoms with Crippen LogP contribution in [0.4, 0.5) is 5.69 Å². The highest BCUT2D eigenvalue weighted by atomic mass is 32.1. The van der Waals surface area contributed by atoms with Crippen molar-refractivity contribution in [3.63, 3.8) is 0 Å². The van der Waals surface area contributed by atoms with Crippen LogP contribution in [0.25, 0.3) is 0 Å². The van der Waals surface area contributed by atoms with Crippen LogP contribution in [0, 0.1) is 5.92 Å². The second-order valence-corrected chi connectivity index (χ2v) is 5.76. The van der Waals surface area contributed by atoms with E-state index in [0.717, 1.165) is 31.4 Å². The minimum Gasteiger partial charge on any atom is -0.493 e. The highest BCUT2D eigenvalue weighted by Gasteiger charge is 2.21. The van der Waals surface area contributed by atoms with Gasteiger partial charge in [-0.15, -0.1) is 0 Å². The molecule has 1 aliphatic carbocycles. The summed E-state index contributed by atoms with van der Waals surface area (Å²) in [6.45, 7) is 0. The number of hydrogen-bond acceptors (Lipinski definition) is 4. The Morgan fingerprint density at radius 2 is 1.82 bits per heavy atom. The molecule has 22 heavy (non-hydrogen) atoms. The van der Waals surface area contributed by atoms with Crippen molar-refractivity contribution in [2.45, 2.75) is 32.1 Å². The molecule has 120 valence electrons. The average Bonchev–Trinajstić information content (AvgIpc) is 2.55. The number of rotatable bonds is 4. The number of carbonyl (C=O) groups excluding carboxylic acids is 1. The van der Waals surface area contributed by atoms with E-state index in [1.165, 1.54) is 6.42 Å². The number of amides is 1. The van der Waals surface area contributed by atoms with E-state index < -0.39 is 0 Å². The molecule has 1 fully saturated rings. The number of methoxy groups -OCH3 is 2. The van der Waals surface area contributed by atoms with Crippen LogP contribution in [-0.2, 0) is 4.79 Å². The predicted molar refractivity (Wildman–Crippen MR) is 90.5 cm³/mol.